The van der Waals surface area contributed by atoms with Crippen LogP contribution in [-0.2, 0) is 0 Å². The van der Waals surface area contributed by atoms with Crippen LogP contribution in [0, 0.1) is 0 Å². The van der Waals surface area contributed by atoms with Crippen LogP contribution in [0.2, 0.25) is 0 Å². The summed E-state index contributed by atoms with van der Waals surface area (Å²) in [6.45, 7) is 0. The predicted molar refractivity (Wildman–Crippen MR) is 25.2 cm³/mol. The van der Waals surface area contributed by atoms with Gasteiger partial charge in [0.1, 0.15) is 0 Å². The van der Waals surface area contributed by atoms with Crippen molar-refractivity contribution in [2.75, 3.05) is 12.5 Å². The molecule has 0 aromatic rings. The largest absolute Gasteiger partial charge is 3.00 e. The van der Waals surface area contributed by atoms with Crippen LogP contribution >= 0.6 is 11.8 Å². The molecule has 7 heavy (non-hydrogen) atoms. The third-order valence-electron chi connectivity index (χ3n) is 0. The van der Waals surface area contributed by atoms with Gasteiger partial charge in [0.15, 0.2) is 0 Å². The molecule has 0 atom stereocenters. The molecule has 44 valence electrons. The maximum atomic E-state index is 2.04. The zero-order chi connectivity index (χ0) is 2.71. The second-order valence-corrected chi connectivity index (χ2v) is 1.22. The number of halogens is 3. The first-order chi connectivity index (χ1) is 1.41. The van der Waals surface area contributed by atoms with Crippen molar-refractivity contribution < 1.29 is 50.9 Å². The predicted octanol–water partition coefficient (Wildman–Crippen LogP) is -8.39. The molecule has 0 saturated heterocycles. The number of rotatable bonds is 0. The average Bonchev–Trinajstić information content (AvgIpc) is 0.918. The van der Waals surface area contributed by atoms with Gasteiger partial charge in [-0.05, 0) is 12.5 Å². The first-order valence-corrected chi connectivity index (χ1v) is 2.45. The molecule has 0 N–H and O–H groups in total. The van der Waals surface area contributed by atoms with Gasteiger partial charge in [0.2, 0.25) is 0 Å². The molecule has 0 bridgehead atoms. The first kappa shape index (κ1) is 36.8. The minimum absolute atomic E-state index is 0. The van der Waals surface area contributed by atoms with Gasteiger partial charge in [0, 0.05) is 0 Å². The van der Waals surface area contributed by atoms with Crippen molar-refractivity contribution in [1.29, 1.82) is 0 Å². The molecule has 0 saturated carbocycles. The van der Waals surface area contributed by atoms with Gasteiger partial charge in [-0.1, -0.05) is 0 Å². The van der Waals surface area contributed by atoms with Gasteiger partial charge in [-0.15, -0.1) is 0 Å². The van der Waals surface area contributed by atoms with Crippen molar-refractivity contribution in [2.45, 2.75) is 0 Å². The van der Waals surface area contributed by atoms with Gasteiger partial charge in [0.25, 0.3) is 0 Å². The van der Waals surface area contributed by atoms with Crippen LogP contribution in [-0.4, -0.2) is 20.9 Å². The van der Waals surface area contributed by atoms with Crippen LogP contribution in [0.5, 0.6) is 0 Å². The van der Waals surface area contributed by atoms with E-state index in [-0.39, 0.29) is 59.4 Å². The Bertz CT molecular complexity index is 12.9. The van der Waals surface area contributed by atoms with E-state index in [2.05, 4.69) is 0 Å². The molecule has 0 aliphatic carbocycles. The fraction of sp³-hybridized carbons (Fsp3) is 1.00. The molecule has 0 spiro atoms. The van der Waals surface area contributed by atoms with Crippen LogP contribution in [0.15, 0.2) is 0 Å². The standard InChI is InChI=1S/C2H6S.B.3BrH/c1-3-2;;;;/h1-2H3;;3*1H/q;+3;;;/p-3. The Morgan fingerprint density at radius 1 is 0.857 bits per heavy atom. The van der Waals surface area contributed by atoms with Crippen LogP contribution < -0.4 is 50.9 Å². The van der Waals surface area contributed by atoms with E-state index in [1.807, 2.05) is 12.5 Å². The fourth-order valence-electron chi connectivity index (χ4n) is 0. The van der Waals surface area contributed by atoms with E-state index in [9.17, 15) is 0 Å². The number of hydrogen-bond donors (Lipinski definition) is 0. The summed E-state index contributed by atoms with van der Waals surface area (Å²) in [5, 5.41) is 0. The van der Waals surface area contributed by atoms with E-state index in [0.29, 0.717) is 0 Å². The number of hydrogen-bond acceptors (Lipinski definition) is 1. The van der Waals surface area contributed by atoms with E-state index in [1.165, 1.54) is 0 Å². The van der Waals surface area contributed by atoms with Gasteiger partial charge < -0.3 is 50.9 Å². The Morgan fingerprint density at radius 2 is 0.857 bits per heavy atom. The zero-order valence-electron chi connectivity index (χ0n) is 4.12. The minimum atomic E-state index is 0. The maximum absolute atomic E-state index is 2.04. The monoisotopic (exact) mass is 310 g/mol. The first-order valence-electron chi connectivity index (χ1n) is 0.816. The minimum Gasteiger partial charge on any atom is -1.00 e. The van der Waals surface area contributed by atoms with Crippen molar-refractivity contribution in [3.8, 4) is 0 Å². The Labute approximate surface area is 83.1 Å². The van der Waals surface area contributed by atoms with Crippen molar-refractivity contribution in [3.05, 3.63) is 0 Å². The third kappa shape index (κ3) is 78.3. The SMILES string of the molecule is CSC.[B+3].[Br-].[Br-].[Br-]. The number of thioether (sulfide) groups is 1. The summed E-state index contributed by atoms with van der Waals surface area (Å²) in [5.74, 6) is 0. The molecule has 0 radical (unpaired) electrons. The molecule has 5 heteroatoms. The van der Waals surface area contributed by atoms with Crippen LogP contribution in [0.25, 0.3) is 0 Å². The maximum Gasteiger partial charge on any atom is 3.00 e. The van der Waals surface area contributed by atoms with Gasteiger partial charge in [-0.2, -0.15) is 11.8 Å². The Morgan fingerprint density at radius 3 is 0.857 bits per heavy atom. The molecule has 0 aromatic heterocycles. The molecule has 0 aliphatic heterocycles. The van der Waals surface area contributed by atoms with Gasteiger partial charge in [0.05, 0.1) is 0 Å². The summed E-state index contributed by atoms with van der Waals surface area (Å²) in [6, 6.07) is 0. The molecule has 0 nitrogen and oxygen atoms in total. The molecule has 0 aromatic carbocycles. The van der Waals surface area contributed by atoms with E-state index < -0.39 is 0 Å². The van der Waals surface area contributed by atoms with Gasteiger partial charge in [-0.25, -0.2) is 0 Å². The van der Waals surface area contributed by atoms with E-state index in [0.717, 1.165) is 0 Å². The molecule has 0 aliphatic rings. The summed E-state index contributed by atoms with van der Waals surface area (Å²) in [6.07, 6.45) is 4.08. The molecule has 0 heterocycles. The Hall–Kier alpha value is 1.85. The molecule has 0 rings (SSSR count). The topological polar surface area (TPSA) is 0 Å². The molecule has 0 unspecified atom stereocenters. The Balaban J connectivity index is -0.00000000333. The normalized spacial score (nSPS) is 2.57. The van der Waals surface area contributed by atoms with Crippen molar-refractivity contribution in [3.63, 3.8) is 0 Å². The molecular formula is C2H6BBr3S. The zero-order valence-corrected chi connectivity index (χ0v) is 9.69. The third-order valence-corrected chi connectivity index (χ3v) is 0. The van der Waals surface area contributed by atoms with E-state index in [1.54, 1.807) is 11.8 Å². The summed E-state index contributed by atoms with van der Waals surface area (Å²) in [4.78, 5) is 0. The van der Waals surface area contributed by atoms with Crippen molar-refractivity contribution >= 4 is 20.2 Å². The average molecular weight is 313 g/mol. The molecule has 0 fully saturated rings. The summed E-state index contributed by atoms with van der Waals surface area (Å²) in [5.41, 5.74) is 0. The second-order valence-electron chi connectivity index (χ2n) is 0.408. The summed E-state index contributed by atoms with van der Waals surface area (Å²) < 4.78 is 0. The van der Waals surface area contributed by atoms with Crippen LogP contribution in [0.3, 0.4) is 0 Å². The Kier molecular flexibility index (Phi) is 238. The van der Waals surface area contributed by atoms with Gasteiger partial charge >= 0.3 is 8.41 Å². The quantitative estimate of drug-likeness (QED) is 0.401. The second kappa shape index (κ2) is 45.3. The fourth-order valence-corrected chi connectivity index (χ4v) is 0. The summed E-state index contributed by atoms with van der Waals surface area (Å²) in [7, 11) is 0. The van der Waals surface area contributed by atoms with Crippen molar-refractivity contribution in [1.82, 2.24) is 0 Å². The van der Waals surface area contributed by atoms with Crippen LogP contribution in [0.1, 0.15) is 0 Å². The van der Waals surface area contributed by atoms with Crippen LogP contribution in [0.4, 0.5) is 0 Å². The smallest absolute Gasteiger partial charge is 1.00 e. The molecule has 0 amide bonds. The van der Waals surface area contributed by atoms with E-state index >= 15 is 0 Å². The summed E-state index contributed by atoms with van der Waals surface area (Å²) >= 11 is 1.75. The van der Waals surface area contributed by atoms with Gasteiger partial charge in [-0.3, -0.25) is 0 Å². The van der Waals surface area contributed by atoms with E-state index in [4.69, 9.17) is 0 Å². The molecular weight excluding hydrogens is 307 g/mol. The van der Waals surface area contributed by atoms with Crippen molar-refractivity contribution in [2.24, 2.45) is 0 Å².